The van der Waals surface area contributed by atoms with Gasteiger partial charge in [-0.1, -0.05) is 24.3 Å². The number of ether oxygens (including phenoxy) is 1. The molecule has 0 saturated carbocycles. The lowest BCUT2D eigenvalue weighted by molar-refractivity contribution is -0.121. The number of aromatic nitrogens is 1. The molecule has 0 saturated heterocycles. The quantitative estimate of drug-likeness (QED) is 0.609. The molecule has 1 N–H and O–H groups in total. The van der Waals surface area contributed by atoms with Crippen molar-refractivity contribution in [1.82, 2.24) is 10.3 Å². The van der Waals surface area contributed by atoms with Gasteiger partial charge in [-0.3, -0.25) is 9.78 Å². The van der Waals surface area contributed by atoms with E-state index < -0.39 is 11.6 Å². The fourth-order valence-electron chi connectivity index (χ4n) is 2.72. The molecule has 1 heterocycles. The maximum absolute atomic E-state index is 13.1. The third-order valence-corrected chi connectivity index (χ3v) is 4.12. The number of fused-ring (bicyclic) bond motifs is 1. The van der Waals surface area contributed by atoms with Crippen LogP contribution in [0.3, 0.4) is 0 Å². The van der Waals surface area contributed by atoms with E-state index in [9.17, 15) is 13.6 Å². The van der Waals surface area contributed by atoms with Crippen molar-refractivity contribution >= 4 is 16.8 Å². The van der Waals surface area contributed by atoms with Crippen LogP contribution in [0.1, 0.15) is 18.4 Å². The molecule has 0 atom stereocenters. The lowest BCUT2D eigenvalue weighted by atomic mass is 10.1. The summed E-state index contributed by atoms with van der Waals surface area (Å²) < 4.78 is 31.8. The molecule has 1 aromatic heterocycles. The molecule has 0 aliphatic heterocycles. The molecule has 1 amide bonds. The number of pyridine rings is 1. The Labute approximate surface area is 156 Å². The fraction of sp³-hybridized carbons (Fsp3) is 0.238. The third kappa shape index (κ3) is 5.23. The van der Waals surface area contributed by atoms with E-state index in [4.69, 9.17) is 4.74 Å². The van der Waals surface area contributed by atoms with Crippen molar-refractivity contribution in [2.24, 2.45) is 0 Å². The Kier molecular flexibility index (Phi) is 6.30. The minimum absolute atomic E-state index is 0.133. The first kappa shape index (κ1) is 18.8. The average molecular weight is 370 g/mol. The Hall–Kier alpha value is -3.02. The molecule has 140 valence electrons. The van der Waals surface area contributed by atoms with Gasteiger partial charge in [0.05, 0.1) is 6.61 Å². The van der Waals surface area contributed by atoms with Gasteiger partial charge in [-0.15, -0.1) is 0 Å². The minimum atomic E-state index is -0.895. The van der Waals surface area contributed by atoms with Gasteiger partial charge in [0.15, 0.2) is 11.6 Å². The zero-order valence-corrected chi connectivity index (χ0v) is 14.8. The van der Waals surface area contributed by atoms with Crippen LogP contribution in [0.15, 0.2) is 54.7 Å². The molecule has 4 nitrogen and oxygen atoms in total. The summed E-state index contributed by atoms with van der Waals surface area (Å²) in [5.41, 5.74) is 1.41. The van der Waals surface area contributed by atoms with Gasteiger partial charge < -0.3 is 10.1 Å². The fourth-order valence-corrected chi connectivity index (χ4v) is 2.72. The second-order valence-electron chi connectivity index (χ2n) is 6.13. The van der Waals surface area contributed by atoms with Gasteiger partial charge in [-0.2, -0.15) is 0 Å². The molecule has 0 unspecified atom stereocenters. The molecule has 0 bridgehead atoms. The number of nitrogens with zero attached hydrogens (tertiary/aromatic N) is 1. The zero-order chi connectivity index (χ0) is 19.1. The number of nitrogens with one attached hydrogen (secondary N) is 1. The maximum Gasteiger partial charge on any atom is 0.220 e. The predicted molar refractivity (Wildman–Crippen MR) is 99.5 cm³/mol. The number of amides is 1. The number of carbonyl (C=O) groups is 1. The number of halogens is 2. The minimum Gasteiger partial charge on any atom is -0.491 e. The van der Waals surface area contributed by atoms with E-state index in [1.54, 1.807) is 6.20 Å². The van der Waals surface area contributed by atoms with E-state index >= 15 is 0 Å². The highest BCUT2D eigenvalue weighted by Crippen LogP contribution is 2.22. The van der Waals surface area contributed by atoms with Crippen molar-refractivity contribution in [3.63, 3.8) is 0 Å². The topological polar surface area (TPSA) is 51.2 Å². The van der Waals surface area contributed by atoms with Gasteiger partial charge >= 0.3 is 0 Å². The maximum atomic E-state index is 13.1. The van der Waals surface area contributed by atoms with Crippen molar-refractivity contribution in [3.05, 3.63) is 71.9 Å². The normalized spacial score (nSPS) is 10.7. The Bertz CT molecular complexity index is 926. The second-order valence-corrected chi connectivity index (χ2v) is 6.13. The van der Waals surface area contributed by atoms with Gasteiger partial charge in [0.1, 0.15) is 11.3 Å². The van der Waals surface area contributed by atoms with Gasteiger partial charge in [-0.05, 0) is 42.7 Å². The summed E-state index contributed by atoms with van der Waals surface area (Å²) in [5, 5.41) is 3.81. The molecule has 0 spiro atoms. The van der Waals surface area contributed by atoms with E-state index in [-0.39, 0.29) is 12.3 Å². The summed E-state index contributed by atoms with van der Waals surface area (Å²) in [6.07, 6.45) is 2.96. The van der Waals surface area contributed by atoms with Crippen molar-refractivity contribution in [2.75, 3.05) is 13.2 Å². The molecule has 2 aromatic carbocycles. The van der Waals surface area contributed by atoms with Crippen LogP contribution >= 0.6 is 0 Å². The van der Waals surface area contributed by atoms with Gasteiger partial charge in [0.25, 0.3) is 0 Å². The highest BCUT2D eigenvalue weighted by atomic mass is 19.2. The van der Waals surface area contributed by atoms with E-state index in [2.05, 4.69) is 10.3 Å². The largest absolute Gasteiger partial charge is 0.491 e. The first-order chi connectivity index (χ1) is 13.1. The lowest BCUT2D eigenvalue weighted by Crippen LogP contribution is -2.25. The van der Waals surface area contributed by atoms with Crippen LogP contribution in [-0.2, 0) is 11.2 Å². The predicted octanol–water partition coefficient (Wildman–Crippen LogP) is 4.03. The smallest absolute Gasteiger partial charge is 0.220 e. The van der Waals surface area contributed by atoms with Gasteiger partial charge in [-0.25, -0.2) is 8.78 Å². The highest BCUT2D eigenvalue weighted by Gasteiger charge is 2.06. The van der Waals surface area contributed by atoms with Crippen molar-refractivity contribution in [2.45, 2.75) is 19.3 Å². The lowest BCUT2D eigenvalue weighted by Gasteiger charge is -2.09. The monoisotopic (exact) mass is 370 g/mol. The molecule has 27 heavy (non-hydrogen) atoms. The first-order valence-electron chi connectivity index (χ1n) is 8.80. The van der Waals surface area contributed by atoms with E-state index in [1.807, 2.05) is 30.3 Å². The summed E-state index contributed by atoms with van der Waals surface area (Å²) in [6.45, 7) is 0.938. The second kappa shape index (κ2) is 9.07. The number of aryl methyl sites for hydroxylation is 1. The van der Waals surface area contributed by atoms with Crippen molar-refractivity contribution < 1.29 is 18.3 Å². The van der Waals surface area contributed by atoms with Crippen molar-refractivity contribution in [1.29, 1.82) is 0 Å². The first-order valence-corrected chi connectivity index (χ1v) is 8.80. The molecular weight excluding hydrogens is 350 g/mol. The van der Waals surface area contributed by atoms with Crippen LogP contribution in [0.25, 0.3) is 10.9 Å². The molecule has 6 heteroatoms. The molecule has 0 radical (unpaired) electrons. The number of carbonyl (C=O) groups excluding carboxylic acids is 1. The number of benzene rings is 2. The average Bonchev–Trinajstić information content (AvgIpc) is 2.69. The van der Waals surface area contributed by atoms with Gasteiger partial charge in [0.2, 0.25) is 5.91 Å². The molecule has 0 fully saturated rings. The Morgan fingerprint density at radius 1 is 1.07 bits per heavy atom. The van der Waals surface area contributed by atoms with Crippen LogP contribution in [0.2, 0.25) is 0 Å². The van der Waals surface area contributed by atoms with Crippen LogP contribution in [0, 0.1) is 11.6 Å². The Morgan fingerprint density at radius 2 is 1.93 bits per heavy atom. The van der Waals surface area contributed by atoms with Crippen molar-refractivity contribution in [3.8, 4) is 5.75 Å². The number of hydrogen-bond acceptors (Lipinski definition) is 3. The summed E-state index contributed by atoms with van der Waals surface area (Å²) in [6, 6.07) is 13.3. The molecule has 0 aliphatic rings. The Balaban J connectivity index is 1.37. The van der Waals surface area contributed by atoms with Crippen LogP contribution in [0.4, 0.5) is 8.78 Å². The number of rotatable bonds is 8. The molecule has 3 aromatic rings. The third-order valence-electron chi connectivity index (χ3n) is 4.12. The van der Waals surface area contributed by atoms with Crippen LogP contribution in [-0.4, -0.2) is 24.0 Å². The zero-order valence-electron chi connectivity index (χ0n) is 14.8. The number of para-hydroxylation sites is 1. The highest BCUT2D eigenvalue weighted by molar-refractivity contribution is 5.84. The molecule has 3 rings (SSSR count). The van der Waals surface area contributed by atoms with E-state index in [0.29, 0.717) is 31.6 Å². The summed E-state index contributed by atoms with van der Waals surface area (Å²) >= 11 is 0. The summed E-state index contributed by atoms with van der Waals surface area (Å²) in [7, 11) is 0. The van der Waals surface area contributed by atoms with E-state index in [1.165, 1.54) is 6.07 Å². The standard InChI is InChI=1S/C21H20F2N2O2/c22-17-9-7-15(14-18(17)23)8-10-20(26)24-12-3-13-27-19-6-1-4-16-5-2-11-25-21(16)19/h1-2,4-7,9,11,14H,3,8,10,12-13H2,(H,24,26). The number of hydrogen-bond donors (Lipinski definition) is 1. The SMILES string of the molecule is O=C(CCc1ccc(F)c(F)c1)NCCCOc1cccc2cccnc12. The van der Waals surface area contributed by atoms with Gasteiger partial charge in [0, 0.05) is 24.5 Å². The van der Waals surface area contributed by atoms with Crippen LogP contribution < -0.4 is 10.1 Å². The summed E-state index contributed by atoms with van der Waals surface area (Å²) in [5.74, 6) is -1.19. The summed E-state index contributed by atoms with van der Waals surface area (Å²) in [4.78, 5) is 16.2. The Morgan fingerprint density at radius 3 is 2.78 bits per heavy atom. The molecular formula is C21H20F2N2O2. The van der Waals surface area contributed by atoms with E-state index in [0.717, 1.165) is 28.8 Å². The van der Waals surface area contributed by atoms with Crippen LogP contribution in [0.5, 0.6) is 5.75 Å². The molecule has 0 aliphatic carbocycles.